The van der Waals surface area contributed by atoms with E-state index in [9.17, 15) is 4.79 Å². The molecule has 2 aliphatic rings. The lowest BCUT2D eigenvalue weighted by molar-refractivity contribution is -0.123. The minimum Gasteiger partial charge on any atom is -0.352 e. The Morgan fingerprint density at radius 1 is 1.40 bits per heavy atom. The second kappa shape index (κ2) is 6.44. The van der Waals surface area contributed by atoms with Crippen LogP contribution in [0.2, 0.25) is 0 Å². The zero-order chi connectivity index (χ0) is 14.8. The van der Waals surface area contributed by atoms with Gasteiger partial charge in [0.25, 0.3) is 0 Å². The Morgan fingerprint density at radius 2 is 2.15 bits per heavy atom. The number of amides is 1. The summed E-state index contributed by atoms with van der Waals surface area (Å²) < 4.78 is 0. The summed E-state index contributed by atoms with van der Waals surface area (Å²) in [6, 6.07) is 0.370. The molecular weight excluding hydrogens is 250 g/mol. The molecule has 3 N–H and O–H groups in total. The molecule has 4 nitrogen and oxygen atoms in total. The maximum absolute atomic E-state index is 12.2. The van der Waals surface area contributed by atoms with Gasteiger partial charge in [0.05, 0.1) is 6.54 Å². The van der Waals surface area contributed by atoms with Crippen LogP contribution in [0.5, 0.6) is 0 Å². The van der Waals surface area contributed by atoms with Crippen LogP contribution in [-0.4, -0.2) is 43.0 Å². The zero-order valence-electron chi connectivity index (χ0n) is 13.3. The summed E-state index contributed by atoms with van der Waals surface area (Å²) in [7, 11) is 0. The number of likely N-dealkylation sites (tertiary alicyclic amines) is 1. The van der Waals surface area contributed by atoms with Crippen molar-refractivity contribution in [2.75, 3.05) is 26.2 Å². The number of rotatable bonds is 4. The Hall–Kier alpha value is -0.610. The van der Waals surface area contributed by atoms with Crippen molar-refractivity contribution >= 4 is 5.91 Å². The summed E-state index contributed by atoms with van der Waals surface area (Å²) in [5.41, 5.74) is 6.02. The quantitative estimate of drug-likeness (QED) is 0.823. The molecule has 0 bridgehead atoms. The SMILES string of the molecule is CC1CCCC(NC(=O)CN2CCC(C)(CN)C2)C1C. The van der Waals surface area contributed by atoms with Gasteiger partial charge in [0.2, 0.25) is 5.91 Å². The molecular formula is C16H31N3O. The van der Waals surface area contributed by atoms with Gasteiger partial charge >= 0.3 is 0 Å². The van der Waals surface area contributed by atoms with E-state index in [1.807, 2.05) is 0 Å². The van der Waals surface area contributed by atoms with Crippen molar-refractivity contribution in [1.82, 2.24) is 10.2 Å². The second-order valence-electron chi connectivity index (χ2n) is 7.42. The lowest BCUT2D eigenvalue weighted by atomic mass is 9.78. The average Bonchev–Trinajstić information content (AvgIpc) is 2.77. The third-order valence-electron chi connectivity index (χ3n) is 5.55. The van der Waals surface area contributed by atoms with E-state index >= 15 is 0 Å². The van der Waals surface area contributed by atoms with E-state index in [4.69, 9.17) is 5.73 Å². The van der Waals surface area contributed by atoms with Crippen molar-refractivity contribution in [3.05, 3.63) is 0 Å². The number of nitrogens with two attached hydrogens (primary N) is 1. The van der Waals surface area contributed by atoms with Crippen LogP contribution in [0.25, 0.3) is 0 Å². The normalized spacial score (nSPS) is 38.9. The predicted octanol–water partition coefficient (Wildman–Crippen LogP) is 1.60. The first-order valence-corrected chi connectivity index (χ1v) is 8.15. The molecule has 20 heavy (non-hydrogen) atoms. The van der Waals surface area contributed by atoms with Crippen molar-refractivity contribution in [2.45, 2.75) is 52.5 Å². The molecule has 4 atom stereocenters. The van der Waals surface area contributed by atoms with E-state index in [-0.39, 0.29) is 11.3 Å². The van der Waals surface area contributed by atoms with Crippen LogP contribution < -0.4 is 11.1 Å². The van der Waals surface area contributed by atoms with Crippen LogP contribution in [0.1, 0.15) is 46.5 Å². The molecule has 4 unspecified atom stereocenters. The summed E-state index contributed by atoms with van der Waals surface area (Å²) in [5, 5.41) is 3.26. The van der Waals surface area contributed by atoms with Crippen LogP contribution >= 0.6 is 0 Å². The Morgan fingerprint density at radius 3 is 2.80 bits per heavy atom. The maximum Gasteiger partial charge on any atom is 0.234 e. The van der Waals surface area contributed by atoms with E-state index in [2.05, 4.69) is 31.0 Å². The van der Waals surface area contributed by atoms with Crippen LogP contribution in [-0.2, 0) is 4.79 Å². The van der Waals surface area contributed by atoms with Gasteiger partial charge in [-0.2, -0.15) is 0 Å². The van der Waals surface area contributed by atoms with Crippen molar-refractivity contribution < 1.29 is 4.79 Å². The number of nitrogens with zero attached hydrogens (tertiary/aromatic N) is 1. The van der Waals surface area contributed by atoms with Crippen molar-refractivity contribution in [3.63, 3.8) is 0 Å². The first-order chi connectivity index (χ1) is 9.43. The third kappa shape index (κ3) is 3.73. The Labute approximate surface area is 123 Å². The first kappa shape index (κ1) is 15.8. The molecule has 2 rings (SSSR count). The highest BCUT2D eigenvalue weighted by molar-refractivity contribution is 5.78. The largest absolute Gasteiger partial charge is 0.352 e. The molecule has 116 valence electrons. The minimum absolute atomic E-state index is 0.192. The summed E-state index contributed by atoms with van der Waals surface area (Å²) in [6.45, 7) is 9.99. The first-order valence-electron chi connectivity index (χ1n) is 8.15. The smallest absolute Gasteiger partial charge is 0.234 e. The Balaban J connectivity index is 1.78. The molecule has 0 radical (unpaired) electrons. The van der Waals surface area contributed by atoms with E-state index in [0.717, 1.165) is 31.8 Å². The number of carbonyl (C=O) groups is 1. The molecule has 0 aromatic carbocycles. The fraction of sp³-hybridized carbons (Fsp3) is 0.938. The lowest BCUT2D eigenvalue weighted by Gasteiger charge is -2.35. The van der Waals surface area contributed by atoms with Gasteiger partial charge in [-0.15, -0.1) is 0 Å². The molecule has 1 aliphatic heterocycles. The summed E-state index contributed by atoms with van der Waals surface area (Å²) >= 11 is 0. The standard InChI is InChI=1S/C16H31N3O/c1-12-5-4-6-14(13(12)2)18-15(20)9-19-8-7-16(3,10-17)11-19/h12-14H,4-11,17H2,1-3H3,(H,18,20). The highest BCUT2D eigenvalue weighted by Crippen LogP contribution is 2.30. The molecule has 0 aromatic heterocycles. The zero-order valence-corrected chi connectivity index (χ0v) is 13.3. The molecule has 2 fully saturated rings. The van der Waals surface area contributed by atoms with Crippen molar-refractivity contribution in [3.8, 4) is 0 Å². The second-order valence-corrected chi connectivity index (χ2v) is 7.42. The molecule has 1 saturated carbocycles. The van der Waals surface area contributed by atoms with Gasteiger partial charge in [0, 0.05) is 12.6 Å². The van der Waals surface area contributed by atoms with Gasteiger partial charge in [-0.05, 0) is 43.2 Å². The van der Waals surface area contributed by atoms with E-state index in [1.54, 1.807) is 0 Å². The molecule has 1 saturated heterocycles. The van der Waals surface area contributed by atoms with Crippen LogP contribution in [0, 0.1) is 17.3 Å². The Bertz CT molecular complexity index is 347. The average molecular weight is 281 g/mol. The number of nitrogens with one attached hydrogen (secondary N) is 1. The van der Waals surface area contributed by atoms with Crippen LogP contribution in [0.3, 0.4) is 0 Å². The van der Waals surface area contributed by atoms with Crippen LogP contribution in [0.15, 0.2) is 0 Å². The molecule has 1 aliphatic carbocycles. The molecule has 4 heteroatoms. The predicted molar refractivity (Wildman–Crippen MR) is 82.3 cm³/mol. The van der Waals surface area contributed by atoms with E-state index in [1.165, 1.54) is 12.8 Å². The third-order valence-corrected chi connectivity index (χ3v) is 5.55. The van der Waals surface area contributed by atoms with Gasteiger partial charge < -0.3 is 11.1 Å². The van der Waals surface area contributed by atoms with Crippen molar-refractivity contribution in [2.24, 2.45) is 23.0 Å². The van der Waals surface area contributed by atoms with Gasteiger partial charge in [0.15, 0.2) is 0 Å². The van der Waals surface area contributed by atoms with Gasteiger partial charge in [-0.3, -0.25) is 9.69 Å². The Kier molecular flexibility index (Phi) is 5.08. The van der Waals surface area contributed by atoms with Gasteiger partial charge in [0.1, 0.15) is 0 Å². The monoisotopic (exact) mass is 281 g/mol. The summed E-state index contributed by atoms with van der Waals surface area (Å²) in [5.74, 6) is 1.51. The van der Waals surface area contributed by atoms with E-state index in [0.29, 0.717) is 25.0 Å². The molecule has 1 heterocycles. The molecule has 0 spiro atoms. The number of hydrogen-bond acceptors (Lipinski definition) is 3. The topological polar surface area (TPSA) is 58.4 Å². The van der Waals surface area contributed by atoms with Crippen LogP contribution in [0.4, 0.5) is 0 Å². The fourth-order valence-corrected chi connectivity index (χ4v) is 3.67. The number of hydrogen-bond donors (Lipinski definition) is 2. The number of carbonyl (C=O) groups excluding carboxylic acids is 1. The van der Waals surface area contributed by atoms with Crippen molar-refractivity contribution in [1.29, 1.82) is 0 Å². The van der Waals surface area contributed by atoms with Gasteiger partial charge in [-0.1, -0.05) is 33.6 Å². The van der Waals surface area contributed by atoms with E-state index < -0.39 is 0 Å². The lowest BCUT2D eigenvalue weighted by Crippen LogP contribution is -2.47. The highest BCUT2D eigenvalue weighted by Gasteiger charge is 2.34. The van der Waals surface area contributed by atoms with Gasteiger partial charge in [-0.25, -0.2) is 0 Å². The molecule has 1 amide bonds. The summed E-state index contributed by atoms with van der Waals surface area (Å²) in [4.78, 5) is 14.5. The highest BCUT2D eigenvalue weighted by atomic mass is 16.2. The summed E-state index contributed by atoms with van der Waals surface area (Å²) in [6.07, 6.45) is 4.78. The maximum atomic E-state index is 12.2. The fourth-order valence-electron chi connectivity index (χ4n) is 3.67. The minimum atomic E-state index is 0.192. The molecule has 0 aromatic rings.